The molecule has 0 saturated heterocycles. The molecule has 0 heterocycles. The Morgan fingerprint density at radius 3 is 2.20 bits per heavy atom. The lowest BCUT2D eigenvalue weighted by Crippen LogP contribution is -2.53. The molecule has 1 N–H and O–H groups in total. The number of carbonyl (C=O) groups excluding carboxylic acids is 2. The van der Waals surface area contributed by atoms with Crippen LogP contribution in [0.5, 0.6) is 0 Å². The predicted octanol–water partition coefficient (Wildman–Crippen LogP) is 2.91. The average Bonchev–Trinajstić information content (AvgIpc) is 3.34. The lowest BCUT2D eigenvalue weighted by atomic mass is 10.1. The van der Waals surface area contributed by atoms with Gasteiger partial charge in [-0.2, -0.15) is 12.7 Å². The zero-order valence-electron chi connectivity index (χ0n) is 20.4. The molecule has 0 bridgehead atoms. The number of benzene rings is 2. The highest BCUT2D eigenvalue weighted by atomic mass is 32.2. The van der Waals surface area contributed by atoms with Gasteiger partial charge in [0.1, 0.15) is 18.4 Å². The molecule has 2 amide bonds. The highest BCUT2D eigenvalue weighted by Gasteiger charge is 2.33. The molecule has 2 aromatic carbocycles. The Bertz CT molecular complexity index is 1100. The van der Waals surface area contributed by atoms with Gasteiger partial charge in [0.2, 0.25) is 11.8 Å². The summed E-state index contributed by atoms with van der Waals surface area (Å²) < 4.78 is 41.6. The van der Waals surface area contributed by atoms with Crippen molar-refractivity contribution in [3.05, 3.63) is 66.0 Å². The van der Waals surface area contributed by atoms with Crippen LogP contribution >= 0.6 is 0 Å². The second-order valence-electron chi connectivity index (χ2n) is 8.95. The van der Waals surface area contributed by atoms with Crippen molar-refractivity contribution >= 4 is 27.7 Å². The minimum Gasteiger partial charge on any atom is -0.352 e. The zero-order chi connectivity index (χ0) is 25.6. The first kappa shape index (κ1) is 26.6. The van der Waals surface area contributed by atoms with Crippen LogP contribution in [0.1, 0.15) is 38.2 Å². The number of nitrogens with zero attached hydrogens (tertiary/aromatic N) is 3. The number of halogens is 1. The van der Waals surface area contributed by atoms with E-state index in [1.165, 1.54) is 31.1 Å². The van der Waals surface area contributed by atoms with Gasteiger partial charge in [0.05, 0.1) is 5.69 Å². The fourth-order valence-electron chi connectivity index (χ4n) is 4.08. The minimum atomic E-state index is -4.07. The topological polar surface area (TPSA) is 90.0 Å². The third-order valence-corrected chi connectivity index (χ3v) is 8.02. The number of nitrogens with one attached hydrogen (secondary N) is 1. The number of amides is 2. The molecule has 0 radical (unpaired) electrons. The molecular weight excluding hydrogens is 471 g/mol. The van der Waals surface area contributed by atoms with Crippen LogP contribution in [0.15, 0.2) is 54.6 Å². The average molecular weight is 505 g/mol. The van der Waals surface area contributed by atoms with Gasteiger partial charge in [-0.05, 0) is 49.6 Å². The molecule has 2 aromatic rings. The van der Waals surface area contributed by atoms with E-state index in [0.717, 1.165) is 52.0 Å². The van der Waals surface area contributed by atoms with Crippen molar-refractivity contribution < 1.29 is 22.4 Å². The predicted molar refractivity (Wildman–Crippen MR) is 133 cm³/mol. The first-order valence-corrected chi connectivity index (χ1v) is 13.1. The standard InChI is InChI=1S/C25H33FN4O4S/c1-19(25(32)27-22-11-7-8-12-22)29(17-20-9-5-4-6-10-20)24(31)18-30(35(33,34)28(2)3)23-15-13-21(26)14-16-23/h4-6,9-10,13-16,19,22H,7-8,11-12,17-18H2,1-3H3,(H,27,32)/t19-/m0/s1. The summed E-state index contributed by atoms with van der Waals surface area (Å²) in [6.45, 7) is 1.24. The molecule has 0 spiro atoms. The first-order chi connectivity index (χ1) is 16.6. The summed E-state index contributed by atoms with van der Waals surface area (Å²) >= 11 is 0. The lowest BCUT2D eigenvalue weighted by molar-refractivity contribution is -0.139. The molecule has 1 saturated carbocycles. The maximum Gasteiger partial charge on any atom is 0.304 e. The van der Waals surface area contributed by atoms with Gasteiger partial charge >= 0.3 is 10.2 Å². The summed E-state index contributed by atoms with van der Waals surface area (Å²) in [6, 6.07) is 13.4. The van der Waals surface area contributed by atoms with E-state index in [9.17, 15) is 22.4 Å². The van der Waals surface area contributed by atoms with Crippen molar-refractivity contribution in [2.45, 2.75) is 51.2 Å². The van der Waals surface area contributed by atoms with Gasteiger partial charge < -0.3 is 10.2 Å². The zero-order valence-corrected chi connectivity index (χ0v) is 21.2. The Hall–Kier alpha value is -2.98. The quantitative estimate of drug-likeness (QED) is 0.539. The van der Waals surface area contributed by atoms with Crippen LogP contribution in [-0.2, 0) is 26.3 Å². The highest BCUT2D eigenvalue weighted by Crippen LogP contribution is 2.22. The van der Waals surface area contributed by atoms with Gasteiger partial charge in [0, 0.05) is 26.7 Å². The van der Waals surface area contributed by atoms with Crippen molar-refractivity contribution in [2.24, 2.45) is 0 Å². The van der Waals surface area contributed by atoms with E-state index in [0.29, 0.717) is 0 Å². The Balaban J connectivity index is 1.90. The van der Waals surface area contributed by atoms with Gasteiger partial charge in [-0.25, -0.2) is 8.70 Å². The highest BCUT2D eigenvalue weighted by molar-refractivity contribution is 7.90. The van der Waals surface area contributed by atoms with E-state index in [1.807, 2.05) is 30.3 Å². The maximum absolute atomic E-state index is 13.6. The normalized spacial score (nSPS) is 15.1. The largest absolute Gasteiger partial charge is 0.352 e. The Kier molecular flexibility index (Phi) is 8.85. The molecule has 0 unspecified atom stereocenters. The van der Waals surface area contributed by atoms with Crippen molar-refractivity contribution in [3.63, 3.8) is 0 Å². The van der Waals surface area contributed by atoms with E-state index in [4.69, 9.17) is 0 Å². The fraction of sp³-hybridized carbons (Fsp3) is 0.440. The molecule has 10 heteroatoms. The second kappa shape index (κ2) is 11.6. The number of carbonyl (C=O) groups is 2. The van der Waals surface area contributed by atoms with E-state index < -0.39 is 34.5 Å². The monoisotopic (exact) mass is 504 g/mol. The van der Waals surface area contributed by atoms with Crippen LogP contribution < -0.4 is 9.62 Å². The van der Waals surface area contributed by atoms with Crippen molar-refractivity contribution in [2.75, 3.05) is 24.9 Å². The summed E-state index contributed by atoms with van der Waals surface area (Å²) in [4.78, 5) is 28.0. The molecule has 1 fully saturated rings. The van der Waals surface area contributed by atoms with E-state index in [2.05, 4.69) is 5.32 Å². The fourth-order valence-corrected chi connectivity index (χ4v) is 5.13. The van der Waals surface area contributed by atoms with Crippen molar-refractivity contribution in [3.8, 4) is 0 Å². The van der Waals surface area contributed by atoms with Crippen LogP contribution in [0.3, 0.4) is 0 Å². The third-order valence-electron chi connectivity index (χ3n) is 6.20. The molecule has 35 heavy (non-hydrogen) atoms. The molecule has 0 aromatic heterocycles. The van der Waals surface area contributed by atoms with Gasteiger partial charge in [-0.15, -0.1) is 0 Å². The molecule has 8 nitrogen and oxygen atoms in total. The summed E-state index contributed by atoms with van der Waals surface area (Å²) in [6.07, 6.45) is 3.93. The number of hydrogen-bond donors (Lipinski definition) is 1. The van der Waals surface area contributed by atoms with Crippen LogP contribution in [0.2, 0.25) is 0 Å². The lowest BCUT2D eigenvalue weighted by Gasteiger charge is -2.33. The number of hydrogen-bond acceptors (Lipinski definition) is 4. The molecule has 1 aliphatic carbocycles. The van der Waals surface area contributed by atoms with Gasteiger partial charge in [0.15, 0.2) is 0 Å². The maximum atomic E-state index is 13.6. The summed E-state index contributed by atoms with van der Waals surface area (Å²) in [5.74, 6) is -1.34. The van der Waals surface area contributed by atoms with Crippen molar-refractivity contribution in [1.82, 2.24) is 14.5 Å². The Labute approximate surface area is 206 Å². The van der Waals surface area contributed by atoms with Crippen LogP contribution in [-0.4, -0.2) is 62.2 Å². The smallest absolute Gasteiger partial charge is 0.304 e. The minimum absolute atomic E-state index is 0.0865. The molecule has 1 aliphatic rings. The number of rotatable bonds is 10. The number of anilines is 1. The van der Waals surface area contributed by atoms with E-state index in [1.54, 1.807) is 6.92 Å². The second-order valence-corrected chi connectivity index (χ2v) is 11.0. The molecule has 1 atom stereocenters. The van der Waals surface area contributed by atoms with Gasteiger partial charge in [-0.1, -0.05) is 43.2 Å². The Morgan fingerprint density at radius 1 is 1.03 bits per heavy atom. The first-order valence-electron chi connectivity index (χ1n) is 11.7. The molecule has 3 rings (SSSR count). The SMILES string of the molecule is C[C@@H](C(=O)NC1CCCC1)N(Cc1ccccc1)C(=O)CN(c1ccc(F)cc1)S(=O)(=O)N(C)C. The molecular formula is C25H33FN4O4S. The van der Waals surface area contributed by atoms with E-state index in [-0.39, 0.29) is 24.2 Å². The molecule has 0 aliphatic heterocycles. The van der Waals surface area contributed by atoms with E-state index >= 15 is 0 Å². The summed E-state index contributed by atoms with van der Waals surface area (Å²) in [7, 11) is -1.36. The summed E-state index contributed by atoms with van der Waals surface area (Å²) in [5, 5.41) is 3.02. The van der Waals surface area contributed by atoms with Crippen LogP contribution in [0.4, 0.5) is 10.1 Å². The molecule has 190 valence electrons. The third kappa shape index (κ3) is 6.79. The van der Waals surface area contributed by atoms with Crippen LogP contribution in [0, 0.1) is 5.82 Å². The van der Waals surface area contributed by atoms with Gasteiger partial charge in [0.25, 0.3) is 0 Å². The van der Waals surface area contributed by atoms with Gasteiger partial charge in [-0.3, -0.25) is 9.59 Å². The Morgan fingerprint density at radius 2 is 1.63 bits per heavy atom. The van der Waals surface area contributed by atoms with Crippen molar-refractivity contribution in [1.29, 1.82) is 0 Å². The summed E-state index contributed by atoms with van der Waals surface area (Å²) in [5.41, 5.74) is 0.960. The van der Waals surface area contributed by atoms with Crippen LogP contribution in [0.25, 0.3) is 0 Å².